The average Bonchev–Trinajstić information content (AvgIpc) is 2.57. The van der Waals surface area contributed by atoms with Gasteiger partial charge in [-0.2, -0.15) is 4.98 Å². The summed E-state index contributed by atoms with van der Waals surface area (Å²) in [4.78, 5) is 16.2. The Balaban J connectivity index is 2.80. The van der Waals surface area contributed by atoms with Crippen molar-refractivity contribution in [3.63, 3.8) is 0 Å². The molecule has 1 rings (SSSR count). The Bertz CT molecular complexity index is 350. The molecule has 1 N–H and O–H groups in total. The van der Waals surface area contributed by atoms with Crippen molar-refractivity contribution in [2.24, 2.45) is 0 Å². The molecule has 0 saturated carbocycles. The number of carboxylic acid groups (broad SMARTS) is 1. The van der Waals surface area contributed by atoms with Gasteiger partial charge in [-0.05, 0) is 0 Å². The van der Waals surface area contributed by atoms with Crippen molar-refractivity contribution in [1.82, 2.24) is 4.98 Å². The van der Waals surface area contributed by atoms with E-state index in [2.05, 4.69) is 4.98 Å². The number of hydrogen-bond acceptors (Lipinski definition) is 6. The summed E-state index contributed by atoms with van der Waals surface area (Å²) in [7, 11) is 5.13. The number of nitrogens with zero attached hydrogens (tertiary/aromatic N) is 2. The van der Waals surface area contributed by atoms with Crippen LogP contribution >= 0.6 is 11.3 Å². The van der Waals surface area contributed by atoms with Gasteiger partial charge in [-0.15, -0.1) is 0 Å². The third kappa shape index (κ3) is 2.98. The molecule has 0 aliphatic rings. The molecular weight excluding hydrogens is 220 g/mol. The van der Waals surface area contributed by atoms with Crippen LogP contribution < -0.4 is 14.4 Å². The monoisotopic (exact) mass is 232 g/mol. The number of aromatic nitrogens is 1. The third-order valence-corrected chi connectivity index (χ3v) is 2.58. The Hall–Kier alpha value is -1.50. The van der Waals surface area contributed by atoms with E-state index in [9.17, 15) is 4.79 Å². The molecule has 15 heavy (non-hydrogen) atoms. The van der Waals surface area contributed by atoms with Crippen LogP contribution in [0.1, 0.15) is 0 Å². The number of methoxy groups -OCH3 is 1. The molecule has 0 saturated heterocycles. The van der Waals surface area contributed by atoms with Crippen molar-refractivity contribution in [1.29, 1.82) is 0 Å². The summed E-state index contributed by atoms with van der Waals surface area (Å²) in [5.41, 5.74) is 0. The van der Waals surface area contributed by atoms with Crippen LogP contribution in [-0.2, 0) is 4.79 Å². The van der Waals surface area contributed by atoms with E-state index in [1.807, 2.05) is 14.1 Å². The van der Waals surface area contributed by atoms with E-state index in [0.717, 1.165) is 0 Å². The summed E-state index contributed by atoms with van der Waals surface area (Å²) >= 11 is 1.24. The van der Waals surface area contributed by atoms with Crippen molar-refractivity contribution < 1.29 is 19.4 Å². The van der Waals surface area contributed by atoms with Crippen molar-refractivity contribution in [2.75, 3.05) is 32.7 Å². The predicted octanol–water partition coefficient (Wildman–Crippen LogP) is 0.681. The number of carbonyl (C=O) groups is 1. The normalized spacial score (nSPS) is 9.80. The predicted molar refractivity (Wildman–Crippen MR) is 56.1 cm³/mol. The number of ether oxygens (including phenoxy) is 2. The minimum absolute atomic E-state index is 0.310. The Morgan fingerprint density at radius 2 is 2.27 bits per heavy atom. The van der Waals surface area contributed by atoms with Crippen LogP contribution in [0, 0.1) is 0 Å². The molecule has 0 atom stereocenters. The average molecular weight is 232 g/mol. The Kier molecular flexibility index (Phi) is 3.73. The van der Waals surface area contributed by atoms with Crippen LogP contribution in [0.15, 0.2) is 0 Å². The Labute approximate surface area is 91.1 Å². The first kappa shape index (κ1) is 11.6. The number of aliphatic carboxylic acids is 1. The molecule has 7 heteroatoms. The molecule has 0 fully saturated rings. The zero-order valence-corrected chi connectivity index (χ0v) is 9.50. The van der Waals surface area contributed by atoms with Crippen LogP contribution in [0.3, 0.4) is 0 Å². The minimum Gasteiger partial charge on any atom is -0.479 e. The lowest BCUT2D eigenvalue weighted by atomic mass is 10.7. The highest BCUT2D eigenvalue weighted by molar-refractivity contribution is 7.17. The summed E-state index contributed by atoms with van der Waals surface area (Å²) in [6.45, 7) is -0.397. The molecule has 0 bridgehead atoms. The van der Waals surface area contributed by atoms with Crippen molar-refractivity contribution >= 4 is 22.4 Å². The van der Waals surface area contributed by atoms with Gasteiger partial charge in [-0.3, -0.25) is 0 Å². The second-order valence-electron chi connectivity index (χ2n) is 2.87. The van der Waals surface area contributed by atoms with E-state index in [1.54, 1.807) is 4.90 Å². The maximum Gasteiger partial charge on any atom is 0.341 e. The maximum atomic E-state index is 10.3. The van der Waals surface area contributed by atoms with Gasteiger partial charge < -0.3 is 19.5 Å². The summed E-state index contributed by atoms with van der Waals surface area (Å²) in [5.74, 6) is -0.721. The highest BCUT2D eigenvalue weighted by Gasteiger charge is 2.15. The van der Waals surface area contributed by atoms with Crippen molar-refractivity contribution in [3.8, 4) is 10.9 Å². The smallest absolute Gasteiger partial charge is 0.341 e. The first-order valence-corrected chi connectivity index (χ1v) is 4.93. The maximum absolute atomic E-state index is 10.3. The first-order valence-electron chi connectivity index (χ1n) is 4.11. The zero-order chi connectivity index (χ0) is 11.4. The third-order valence-electron chi connectivity index (χ3n) is 1.46. The number of carboxylic acids is 1. The molecule has 0 spiro atoms. The number of rotatable bonds is 5. The van der Waals surface area contributed by atoms with E-state index in [4.69, 9.17) is 14.6 Å². The van der Waals surface area contributed by atoms with Gasteiger partial charge in [0.1, 0.15) is 0 Å². The van der Waals surface area contributed by atoms with E-state index in [1.165, 1.54) is 18.4 Å². The fraction of sp³-hybridized carbons (Fsp3) is 0.500. The molecule has 0 aromatic carbocycles. The second-order valence-corrected chi connectivity index (χ2v) is 3.81. The van der Waals surface area contributed by atoms with Crippen molar-refractivity contribution in [2.45, 2.75) is 0 Å². The molecule has 0 radical (unpaired) electrons. The molecule has 0 amide bonds. The largest absolute Gasteiger partial charge is 0.479 e. The fourth-order valence-corrected chi connectivity index (χ4v) is 1.63. The number of anilines is 1. The zero-order valence-electron chi connectivity index (χ0n) is 8.68. The van der Waals surface area contributed by atoms with Crippen LogP contribution in [0.2, 0.25) is 0 Å². The van der Waals surface area contributed by atoms with Gasteiger partial charge in [0.2, 0.25) is 5.06 Å². The second kappa shape index (κ2) is 4.83. The van der Waals surface area contributed by atoms with Crippen molar-refractivity contribution in [3.05, 3.63) is 0 Å². The van der Waals surface area contributed by atoms with E-state index >= 15 is 0 Å². The van der Waals surface area contributed by atoms with Gasteiger partial charge in [0, 0.05) is 14.1 Å². The van der Waals surface area contributed by atoms with Crippen LogP contribution in [0.5, 0.6) is 10.9 Å². The molecule has 0 aliphatic carbocycles. The van der Waals surface area contributed by atoms with Gasteiger partial charge in [0.15, 0.2) is 11.7 Å². The Morgan fingerprint density at radius 3 is 2.73 bits per heavy atom. The van der Waals surface area contributed by atoms with E-state index in [-0.39, 0.29) is 0 Å². The molecule has 0 unspecified atom stereocenters. The Morgan fingerprint density at radius 1 is 1.60 bits per heavy atom. The van der Waals surface area contributed by atoms with Crippen LogP contribution in [-0.4, -0.2) is 43.9 Å². The summed E-state index contributed by atoms with van der Waals surface area (Å²) < 4.78 is 9.99. The SMILES string of the molecule is COc1nc(N(C)C)sc1OCC(=O)O. The van der Waals surface area contributed by atoms with Gasteiger partial charge in [0.05, 0.1) is 7.11 Å². The molecule has 1 aromatic rings. The van der Waals surface area contributed by atoms with Gasteiger partial charge in [-0.1, -0.05) is 11.3 Å². The number of hydrogen-bond donors (Lipinski definition) is 1. The summed E-state index contributed by atoms with van der Waals surface area (Å²) in [6.07, 6.45) is 0. The highest BCUT2D eigenvalue weighted by Crippen LogP contribution is 2.37. The number of thiazole rings is 1. The molecule has 84 valence electrons. The van der Waals surface area contributed by atoms with E-state index < -0.39 is 12.6 Å². The van der Waals surface area contributed by atoms with Crippen LogP contribution in [0.4, 0.5) is 5.13 Å². The molecule has 1 heterocycles. The lowest BCUT2D eigenvalue weighted by Crippen LogP contribution is -2.09. The van der Waals surface area contributed by atoms with Gasteiger partial charge >= 0.3 is 5.97 Å². The lowest BCUT2D eigenvalue weighted by Gasteiger charge is -2.04. The topological polar surface area (TPSA) is 71.9 Å². The highest BCUT2D eigenvalue weighted by atomic mass is 32.1. The minimum atomic E-state index is -1.03. The van der Waals surface area contributed by atoms with Gasteiger partial charge in [-0.25, -0.2) is 4.79 Å². The summed E-state index contributed by atoms with van der Waals surface area (Å²) in [6, 6.07) is 0. The molecular formula is C8H12N2O4S. The fourth-order valence-electron chi connectivity index (χ4n) is 0.821. The first-order chi connectivity index (χ1) is 7.04. The quantitative estimate of drug-likeness (QED) is 0.805. The molecule has 0 aliphatic heterocycles. The molecule has 6 nitrogen and oxygen atoms in total. The summed E-state index contributed by atoms with van der Waals surface area (Å²) in [5, 5.41) is 9.54. The van der Waals surface area contributed by atoms with Gasteiger partial charge in [0.25, 0.3) is 5.88 Å². The van der Waals surface area contributed by atoms with E-state index in [0.29, 0.717) is 16.1 Å². The molecule has 1 aromatic heterocycles. The lowest BCUT2D eigenvalue weighted by molar-refractivity contribution is -0.139. The van der Waals surface area contributed by atoms with Crippen LogP contribution in [0.25, 0.3) is 0 Å². The standard InChI is InChI=1S/C8H12N2O4S/c1-10(2)8-9-6(13-3)7(15-8)14-4-5(11)12/h4H2,1-3H3,(H,11,12).